The molecule has 0 radical (unpaired) electrons. The number of benzene rings is 2. The maximum absolute atomic E-state index is 11.8. The highest BCUT2D eigenvalue weighted by molar-refractivity contribution is 6.08. The molecule has 3 aromatic heterocycles. The number of fused-ring (bicyclic) bond motifs is 2. The fourth-order valence-corrected chi connectivity index (χ4v) is 4.61. The zero-order chi connectivity index (χ0) is 24.2. The number of H-pyrrole nitrogens is 1. The molecular formula is C26H20N6O3. The summed E-state index contributed by atoms with van der Waals surface area (Å²) in [4.78, 5) is 32.5. The number of aromatic amines is 1. The van der Waals surface area contributed by atoms with E-state index >= 15 is 0 Å². The van der Waals surface area contributed by atoms with Gasteiger partial charge in [-0.2, -0.15) is 5.10 Å². The normalized spacial score (nSPS) is 16.3. The summed E-state index contributed by atoms with van der Waals surface area (Å²) in [7, 11) is 0. The van der Waals surface area contributed by atoms with Crippen LogP contribution in [0.3, 0.4) is 0 Å². The lowest BCUT2D eigenvalue weighted by molar-refractivity contribution is -0.133. The Balaban J connectivity index is 1.26. The number of aromatic nitrogens is 4. The molecule has 0 spiro atoms. The summed E-state index contributed by atoms with van der Waals surface area (Å²) in [5.41, 5.74) is 13.9. The number of carbonyl (C=O) groups is 2. The van der Waals surface area contributed by atoms with Gasteiger partial charge in [-0.25, -0.2) is 4.98 Å². The van der Waals surface area contributed by atoms with Crippen LogP contribution in [0.4, 0.5) is 0 Å². The first-order valence-electron chi connectivity index (χ1n) is 11.0. The second-order valence-electron chi connectivity index (χ2n) is 8.70. The highest BCUT2D eigenvalue weighted by Crippen LogP contribution is 2.59. The smallest absolute Gasteiger partial charge is 0.233 e. The second kappa shape index (κ2) is 7.63. The molecule has 0 saturated heterocycles. The summed E-state index contributed by atoms with van der Waals surface area (Å²) in [5, 5.41) is 8.67. The van der Waals surface area contributed by atoms with Crippen molar-refractivity contribution < 1.29 is 14.3 Å². The van der Waals surface area contributed by atoms with Gasteiger partial charge in [0.1, 0.15) is 16.9 Å². The molecule has 0 bridgehead atoms. The molecule has 1 atom stereocenters. The Hall–Kier alpha value is -4.79. The Labute approximate surface area is 199 Å². The fraction of sp³-hybridized carbons (Fsp3) is 0.115. The Morgan fingerprint density at radius 1 is 0.943 bits per heavy atom. The highest BCUT2D eigenvalue weighted by atomic mass is 16.5. The van der Waals surface area contributed by atoms with Gasteiger partial charge in [0.05, 0.1) is 11.7 Å². The third-order valence-corrected chi connectivity index (χ3v) is 6.68. The number of pyridine rings is 2. The van der Waals surface area contributed by atoms with Crippen molar-refractivity contribution in [3.05, 3.63) is 78.8 Å². The number of nitrogens with one attached hydrogen (secondary N) is 1. The van der Waals surface area contributed by atoms with Gasteiger partial charge < -0.3 is 16.2 Å². The predicted molar refractivity (Wildman–Crippen MR) is 129 cm³/mol. The summed E-state index contributed by atoms with van der Waals surface area (Å²) in [6.45, 7) is 0. The molecule has 5 aromatic rings. The number of nitrogens with zero attached hydrogens (tertiary/aromatic N) is 3. The maximum Gasteiger partial charge on any atom is 0.233 e. The van der Waals surface area contributed by atoms with E-state index in [-0.39, 0.29) is 5.92 Å². The third kappa shape index (κ3) is 3.36. The number of carbonyl (C=O) groups excluding carboxylic acids is 2. The van der Waals surface area contributed by atoms with Crippen LogP contribution >= 0.6 is 0 Å². The van der Waals surface area contributed by atoms with Gasteiger partial charge in [0.15, 0.2) is 5.65 Å². The Morgan fingerprint density at radius 3 is 2.49 bits per heavy atom. The van der Waals surface area contributed by atoms with Crippen LogP contribution in [0.25, 0.3) is 33.1 Å². The quantitative estimate of drug-likeness (QED) is 0.328. The lowest BCUT2D eigenvalue weighted by atomic mass is 9.97. The monoisotopic (exact) mass is 464 g/mol. The van der Waals surface area contributed by atoms with Crippen LogP contribution in [0, 0.1) is 5.41 Å². The zero-order valence-electron chi connectivity index (χ0n) is 18.4. The van der Waals surface area contributed by atoms with E-state index in [4.69, 9.17) is 16.2 Å². The van der Waals surface area contributed by atoms with Crippen LogP contribution in [-0.4, -0.2) is 32.0 Å². The van der Waals surface area contributed by atoms with E-state index in [1.807, 2.05) is 36.4 Å². The van der Waals surface area contributed by atoms with Crippen LogP contribution < -0.4 is 16.2 Å². The highest BCUT2D eigenvalue weighted by Gasteiger charge is 2.64. The molecule has 5 N–H and O–H groups in total. The number of primary amides is 2. The van der Waals surface area contributed by atoms with Crippen molar-refractivity contribution in [2.75, 3.05) is 0 Å². The van der Waals surface area contributed by atoms with Crippen LogP contribution in [0.2, 0.25) is 0 Å². The minimum absolute atomic E-state index is 0.303. The van der Waals surface area contributed by atoms with Crippen molar-refractivity contribution in [3.8, 4) is 22.6 Å². The van der Waals surface area contributed by atoms with Crippen LogP contribution in [0.1, 0.15) is 17.9 Å². The van der Waals surface area contributed by atoms with Crippen molar-refractivity contribution in [3.63, 3.8) is 0 Å². The molecule has 0 aliphatic heterocycles. The molecular weight excluding hydrogens is 444 g/mol. The minimum atomic E-state index is -1.29. The molecule has 1 aliphatic rings. The largest absolute Gasteiger partial charge is 0.457 e. The van der Waals surface area contributed by atoms with Gasteiger partial charge in [0, 0.05) is 34.6 Å². The second-order valence-corrected chi connectivity index (χ2v) is 8.70. The van der Waals surface area contributed by atoms with Crippen molar-refractivity contribution in [1.29, 1.82) is 0 Å². The van der Waals surface area contributed by atoms with Gasteiger partial charge in [-0.1, -0.05) is 18.2 Å². The van der Waals surface area contributed by atoms with E-state index in [1.54, 1.807) is 36.8 Å². The first-order valence-corrected chi connectivity index (χ1v) is 11.0. The lowest BCUT2D eigenvalue weighted by Gasteiger charge is -2.12. The van der Waals surface area contributed by atoms with E-state index in [2.05, 4.69) is 20.2 Å². The zero-order valence-corrected chi connectivity index (χ0v) is 18.4. The molecule has 172 valence electrons. The molecule has 9 heteroatoms. The van der Waals surface area contributed by atoms with Crippen LogP contribution in [0.5, 0.6) is 11.5 Å². The Bertz CT molecular complexity index is 1610. The Morgan fingerprint density at radius 2 is 1.74 bits per heavy atom. The van der Waals surface area contributed by atoms with Gasteiger partial charge in [0.25, 0.3) is 0 Å². The van der Waals surface area contributed by atoms with E-state index in [9.17, 15) is 9.59 Å². The number of nitrogens with two attached hydrogens (primary N) is 2. The van der Waals surface area contributed by atoms with Gasteiger partial charge in [0.2, 0.25) is 11.8 Å². The molecule has 2 aromatic carbocycles. The van der Waals surface area contributed by atoms with E-state index in [1.165, 1.54) is 0 Å². The molecule has 1 fully saturated rings. The van der Waals surface area contributed by atoms with Gasteiger partial charge >= 0.3 is 0 Å². The van der Waals surface area contributed by atoms with Crippen LogP contribution in [-0.2, 0) is 9.59 Å². The van der Waals surface area contributed by atoms with Crippen LogP contribution in [0.15, 0.2) is 73.2 Å². The summed E-state index contributed by atoms with van der Waals surface area (Å²) in [6.07, 6.45) is 5.58. The maximum atomic E-state index is 11.8. The first kappa shape index (κ1) is 20.8. The predicted octanol–water partition coefficient (Wildman–Crippen LogP) is 3.41. The summed E-state index contributed by atoms with van der Waals surface area (Å²) in [5.74, 6) is -0.392. The molecule has 35 heavy (non-hydrogen) atoms. The van der Waals surface area contributed by atoms with E-state index in [0.29, 0.717) is 17.9 Å². The number of hydrogen-bond donors (Lipinski definition) is 3. The van der Waals surface area contributed by atoms with E-state index in [0.717, 1.165) is 38.6 Å². The molecule has 1 aliphatic carbocycles. The summed E-state index contributed by atoms with van der Waals surface area (Å²) < 4.78 is 6.14. The van der Waals surface area contributed by atoms with Gasteiger partial charge in [-0.15, -0.1) is 0 Å². The SMILES string of the molecule is NC(=O)C1(C(N)=O)CC1c1ccc(Oc2ccnc3cc(-c4cnc5[nH]ncc5c4)ccc23)cc1. The van der Waals surface area contributed by atoms with Crippen molar-refractivity contribution in [2.24, 2.45) is 16.9 Å². The standard InChI is InChI=1S/C26H20N6O3/c27-24(33)26(25(28)34)11-20(26)14-1-4-18(5-2-14)35-22-7-8-29-21-10-15(3-6-19(21)22)16-9-17-13-31-32-23(17)30-12-16/h1-10,12-13,20H,11H2,(H2,27,33)(H2,28,34)(H,30,31,32). The van der Waals surface area contributed by atoms with Gasteiger partial charge in [-0.05, 0) is 53.9 Å². The summed E-state index contributed by atoms with van der Waals surface area (Å²) >= 11 is 0. The van der Waals surface area contributed by atoms with Crippen molar-refractivity contribution >= 4 is 33.8 Å². The first-order chi connectivity index (χ1) is 17.0. The lowest BCUT2D eigenvalue weighted by Crippen LogP contribution is -2.38. The molecule has 6 rings (SSSR count). The number of hydrogen-bond acceptors (Lipinski definition) is 6. The molecule has 1 unspecified atom stereocenters. The fourth-order valence-electron chi connectivity index (χ4n) is 4.61. The van der Waals surface area contributed by atoms with Gasteiger partial charge in [-0.3, -0.25) is 19.7 Å². The number of amides is 2. The number of ether oxygens (including phenoxy) is 1. The Kier molecular flexibility index (Phi) is 4.53. The molecule has 1 saturated carbocycles. The van der Waals surface area contributed by atoms with E-state index < -0.39 is 17.2 Å². The molecule has 2 amide bonds. The average Bonchev–Trinajstić information content (AvgIpc) is 3.47. The third-order valence-electron chi connectivity index (χ3n) is 6.68. The summed E-state index contributed by atoms with van der Waals surface area (Å²) in [6, 6.07) is 17.1. The average molecular weight is 464 g/mol. The molecule has 9 nitrogen and oxygen atoms in total. The topological polar surface area (TPSA) is 150 Å². The van der Waals surface area contributed by atoms with Crippen molar-refractivity contribution in [1.82, 2.24) is 20.2 Å². The number of rotatable bonds is 6. The minimum Gasteiger partial charge on any atom is -0.457 e. The molecule has 3 heterocycles. The van der Waals surface area contributed by atoms with Crippen molar-refractivity contribution in [2.45, 2.75) is 12.3 Å².